The van der Waals surface area contributed by atoms with Gasteiger partial charge in [0.2, 0.25) is 11.8 Å². The van der Waals surface area contributed by atoms with Crippen molar-refractivity contribution < 1.29 is 9.59 Å². The number of aromatic nitrogens is 2. The third-order valence-electron chi connectivity index (χ3n) is 6.48. The van der Waals surface area contributed by atoms with Gasteiger partial charge in [-0.3, -0.25) is 9.59 Å². The molecule has 4 rings (SSSR count). The summed E-state index contributed by atoms with van der Waals surface area (Å²) in [5, 5.41) is 3.33. The third-order valence-corrected chi connectivity index (χ3v) is 7.12. The molecule has 32 heavy (non-hydrogen) atoms. The number of benzene rings is 2. The Morgan fingerprint density at radius 2 is 1.81 bits per heavy atom. The number of carbonyl (C=O) groups excluding carboxylic acids is 2. The first-order valence-electron chi connectivity index (χ1n) is 11.1. The highest BCUT2D eigenvalue weighted by atomic mass is 32.2. The van der Waals surface area contributed by atoms with Gasteiger partial charge in [-0.2, -0.15) is 11.8 Å². The Bertz CT molecular complexity index is 1040. The number of thioether (sulfide) groups is 1. The standard InChI is InChI=1S/C25H30N4O2S/c1-18(30)29-15-13-25(14-16-29,19-8-4-3-5-9-19)24(31)28-22(12-17-32-2)23-26-20-10-6-7-11-21(20)27-23/h3-11,22H,12-17H2,1-2H3,(H,26,27)(H,28,31). The van der Waals surface area contributed by atoms with E-state index in [1.54, 1.807) is 18.7 Å². The van der Waals surface area contributed by atoms with Gasteiger partial charge < -0.3 is 15.2 Å². The summed E-state index contributed by atoms with van der Waals surface area (Å²) in [5.74, 6) is 1.78. The van der Waals surface area contributed by atoms with Gasteiger partial charge in [-0.05, 0) is 49.0 Å². The fourth-order valence-electron chi connectivity index (χ4n) is 4.55. The molecule has 168 valence electrons. The molecule has 0 radical (unpaired) electrons. The number of hydrogen-bond donors (Lipinski definition) is 2. The summed E-state index contributed by atoms with van der Waals surface area (Å²) in [5.41, 5.74) is 2.22. The van der Waals surface area contributed by atoms with Crippen molar-refractivity contribution in [3.63, 3.8) is 0 Å². The van der Waals surface area contributed by atoms with E-state index in [0.29, 0.717) is 25.9 Å². The summed E-state index contributed by atoms with van der Waals surface area (Å²) < 4.78 is 0. The second kappa shape index (κ2) is 9.77. The van der Waals surface area contributed by atoms with Crippen LogP contribution >= 0.6 is 11.8 Å². The molecule has 1 aliphatic rings. The van der Waals surface area contributed by atoms with E-state index in [1.807, 2.05) is 59.5 Å². The maximum atomic E-state index is 13.9. The maximum absolute atomic E-state index is 13.9. The molecule has 1 saturated heterocycles. The van der Waals surface area contributed by atoms with Crippen molar-refractivity contribution in [1.82, 2.24) is 20.2 Å². The SMILES string of the molecule is CSCCC(NC(=O)C1(c2ccccc2)CCN(C(C)=O)CC1)c1nc2ccccc2[nH]1. The molecule has 0 saturated carbocycles. The molecule has 1 fully saturated rings. The number of imidazole rings is 1. The van der Waals surface area contributed by atoms with Gasteiger partial charge in [0.1, 0.15) is 5.82 Å². The molecular formula is C25H30N4O2S. The zero-order valence-electron chi connectivity index (χ0n) is 18.6. The number of para-hydroxylation sites is 2. The zero-order valence-corrected chi connectivity index (χ0v) is 19.5. The Morgan fingerprint density at radius 3 is 2.47 bits per heavy atom. The van der Waals surface area contributed by atoms with Gasteiger partial charge in [-0.25, -0.2) is 4.98 Å². The summed E-state index contributed by atoms with van der Waals surface area (Å²) >= 11 is 1.76. The normalized spacial score (nSPS) is 16.6. The molecule has 3 aromatic rings. The number of nitrogens with one attached hydrogen (secondary N) is 2. The fraction of sp³-hybridized carbons (Fsp3) is 0.400. The van der Waals surface area contributed by atoms with Gasteiger partial charge in [0.25, 0.3) is 0 Å². The Balaban J connectivity index is 1.63. The van der Waals surface area contributed by atoms with Crippen LogP contribution in [0.25, 0.3) is 11.0 Å². The lowest BCUT2D eigenvalue weighted by molar-refractivity contribution is -0.135. The van der Waals surface area contributed by atoms with Crippen molar-refractivity contribution in [2.24, 2.45) is 0 Å². The van der Waals surface area contributed by atoms with E-state index in [1.165, 1.54) is 0 Å². The monoisotopic (exact) mass is 450 g/mol. The maximum Gasteiger partial charge on any atom is 0.231 e. The lowest BCUT2D eigenvalue weighted by Gasteiger charge is -2.41. The number of H-pyrrole nitrogens is 1. The summed E-state index contributed by atoms with van der Waals surface area (Å²) in [6, 6.07) is 17.7. The van der Waals surface area contributed by atoms with Gasteiger partial charge in [0.05, 0.1) is 22.5 Å². The average Bonchev–Trinajstić information content (AvgIpc) is 3.26. The summed E-state index contributed by atoms with van der Waals surface area (Å²) in [6.07, 6.45) is 4.08. The highest BCUT2D eigenvalue weighted by Gasteiger charge is 2.44. The van der Waals surface area contributed by atoms with Crippen LogP contribution in [-0.4, -0.2) is 51.8 Å². The van der Waals surface area contributed by atoms with Crippen LogP contribution in [0.2, 0.25) is 0 Å². The van der Waals surface area contributed by atoms with Gasteiger partial charge in [-0.1, -0.05) is 42.5 Å². The Hall–Kier alpha value is -2.80. The molecule has 2 heterocycles. The van der Waals surface area contributed by atoms with Crippen LogP contribution in [-0.2, 0) is 15.0 Å². The minimum Gasteiger partial charge on any atom is -0.345 e. The minimum absolute atomic E-state index is 0.0125. The molecule has 2 aromatic carbocycles. The number of amides is 2. The van der Waals surface area contributed by atoms with Gasteiger partial charge in [0.15, 0.2) is 0 Å². The van der Waals surface area contributed by atoms with E-state index in [0.717, 1.165) is 34.6 Å². The number of aromatic amines is 1. The highest BCUT2D eigenvalue weighted by molar-refractivity contribution is 7.98. The molecule has 2 amide bonds. The zero-order chi connectivity index (χ0) is 22.6. The van der Waals surface area contributed by atoms with Crippen LogP contribution < -0.4 is 5.32 Å². The molecule has 0 spiro atoms. The topological polar surface area (TPSA) is 78.1 Å². The lowest BCUT2D eigenvalue weighted by atomic mass is 9.71. The van der Waals surface area contributed by atoms with Crippen LogP contribution in [0.4, 0.5) is 0 Å². The van der Waals surface area contributed by atoms with Crippen molar-refractivity contribution in [3.8, 4) is 0 Å². The van der Waals surface area contributed by atoms with E-state index < -0.39 is 5.41 Å². The third kappa shape index (κ3) is 4.53. The molecule has 0 aliphatic carbocycles. The van der Waals surface area contributed by atoms with Gasteiger partial charge in [-0.15, -0.1) is 0 Å². The largest absolute Gasteiger partial charge is 0.345 e. The molecule has 0 bridgehead atoms. The summed E-state index contributed by atoms with van der Waals surface area (Å²) in [6.45, 7) is 2.76. The van der Waals surface area contributed by atoms with E-state index in [2.05, 4.69) is 16.6 Å². The van der Waals surface area contributed by atoms with E-state index in [9.17, 15) is 9.59 Å². The quantitative estimate of drug-likeness (QED) is 0.569. The molecule has 2 N–H and O–H groups in total. The first-order chi connectivity index (χ1) is 15.5. The predicted octanol–water partition coefficient (Wildman–Crippen LogP) is 4.05. The van der Waals surface area contributed by atoms with E-state index in [4.69, 9.17) is 4.98 Å². The predicted molar refractivity (Wildman–Crippen MR) is 130 cm³/mol. The number of carbonyl (C=O) groups is 2. The van der Waals surface area contributed by atoms with Gasteiger partial charge >= 0.3 is 0 Å². The molecule has 1 aromatic heterocycles. The Morgan fingerprint density at radius 1 is 1.12 bits per heavy atom. The first kappa shape index (κ1) is 22.4. The number of nitrogens with zero attached hydrogens (tertiary/aromatic N) is 2. The van der Waals surface area contributed by atoms with Crippen LogP contribution in [0, 0.1) is 0 Å². The number of likely N-dealkylation sites (tertiary alicyclic amines) is 1. The van der Waals surface area contributed by atoms with Gasteiger partial charge in [0, 0.05) is 20.0 Å². The Kier molecular flexibility index (Phi) is 6.84. The second-order valence-electron chi connectivity index (χ2n) is 8.40. The summed E-state index contributed by atoms with van der Waals surface area (Å²) in [7, 11) is 0. The van der Waals surface area contributed by atoms with Crippen molar-refractivity contribution in [3.05, 3.63) is 66.0 Å². The molecule has 7 heteroatoms. The van der Waals surface area contributed by atoms with Crippen LogP contribution in [0.1, 0.15) is 43.6 Å². The molecular weight excluding hydrogens is 420 g/mol. The first-order valence-corrected chi connectivity index (χ1v) is 12.5. The van der Waals surface area contributed by atoms with E-state index >= 15 is 0 Å². The Labute approximate surface area is 193 Å². The minimum atomic E-state index is -0.656. The van der Waals surface area contributed by atoms with E-state index in [-0.39, 0.29) is 17.9 Å². The molecule has 1 atom stereocenters. The molecule has 6 nitrogen and oxygen atoms in total. The van der Waals surface area contributed by atoms with Crippen LogP contribution in [0.15, 0.2) is 54.6 Å². The van der Waals surface area contributed by atoms with Crippen LogP contribution in [0.3, 0.4) is 0 Å². The van der Waals surface area contributed by atoms with Crippen molar-refractivity contribution in [2.75, 3.05) is 25.1 Å². The average molecular weight is 451 g/mol. The smallest absolute Gasteiger partial charge is 0.231 e. The lowest BCUT2D eigenvalue weighted by Crippen LogP contribution is -2.53. The number of fused-ring (bicyclic) bond motifs is 1. The fourth-order valence-corrected chi connectivity index (χ4v) is 5.03. The number of rotatable bonds is 7. The number of piperidine rings is 1. The summed E-state index contributed by atoms with van der Waals surface area (Å²) in [4.78, 5) is 35.8. The van der Waals surface area contributed by atoms with Crippen molar-refractivity contribution in [1.29, 1.82) is 0 Å². The van der Waals surface area contributed by atoms with Crippen molar-refractivity contribution in [2.45, 2.75) is 37.6 Å². The van der Waals surface area contributed by atoms with Crippen LogP contribution in [0.5, 0.6) is 0 Å². The van der Waals surface area contributed by atoms with Crippen molar-refractivity contribution >= 4 is 34.6 Å². The molecule has 1 aliphatic heterocycles. The highest BCUT2D eigenvalue weighted by Crippen LogP contribution is 2.37. The second-order valence-corrected chi connectivity index (χ2v) is 9.39. The molecule has 1 unspecified atom stereocenters. The number of hydrogen-bond acceptors (Lipinski definition) is 4.